The topological polar surface area (TPSA) is 200 Å². The Balaban J connectivity index is 1.96. The van der Waals surface area contributed by atoms with E-state index in [-0.39, 0.29) is 28.9 Å². The van der Waals surface area contributed by atoms with Gasteiger partial charge in [0, 0.05) is 11.7 Å². The minimum atomic E-state index is -4.49. The van der Waals surface area contributed by atoms with Gasteiger partial charge in [0.25, 0.3) is 5.56 Å². The fraction of sp³-hybridized carbons (Fsp3) is 0.467. The molecule has 1 amide bonds. The minimum Gasteiger partial charge on any atom is -0.387 e. The molecule has 13 nitrogen and oxygen atoms in total. The third-order valence-corrected chi connectivity index (χ3v) is 4.78. The fourth-order valence-electron chi connectivity index (χ4n) is 2.70. The van der Waals surface area contributed by atoms with Crippen LogP contribution in [0.15, 0.2) is 23.0 Å². The average Bonchev–Trinajstić information content (AvgIpc) is 3.15. The van der Waals surface area contributed by atoms with Crippen LogP contribution >= 0.6 is 7.60 Å². The summed E-state index contributed by atoms with van der Waals surface area (Å²) in [5.41, 5.74) is -0.755. The zero-order chi connectivity index (χ0) is 21.5. The van der Waals surface area contributed by atoms with Gasteiger partial charge in [-0.2, -0.15) is 4.98 Å². The summed E-state index contributed by atoms with van der Waals surface area (Å²) in [7, 11) is -4.49. The molecule has 0 radical (unpaired) electrons. The summed E-state index contributed by atoms with van der Waals surface area (Å²) in [6.07, 6.45) is -3.36. The maximum Gasteiger partial charge on any atom is 0.348 e. The monoisotopic (exact) mass is 429 g/mol. The second-order valence-corrected chi connectivity index (χ2v) is 8.26. The van der Waals surface area contributed by atoms with Gasteiger partial charge in [-0.05, 0) is 6.08 Å². The summed E-state index contributed by atoms with van der Waals surface area (Å²) in [5, 5.41) is 22.9. The molecule has 0 aromatic carbocycles. The molecule has 0 spiro atoms. The third kappa shape index (κ3) is 4.45. The first-order valence-corrected chi connectivity index (χ1v) is 10.2. The zero-order valence-corrected chi connectivity index (χ0v) is 16.2. The van der Waals surface area contributed by atoms with Crippen LogP contribution in [0.3, 0.4) is 0 Å². The van der Waals surface area contributed by atoms with Gasteiger partial charge in [-0.3, -0.25) is 29.0 Å². The molecule has 6 N–H and O–H groups in total. The van der Waals surface area contributed by atoms with E-state index in [1.165, 1.54) is 4.57 Å². The van der Waals surface area contributed by atoms with Gasteiger partial charge in [-0.15, -0.1) is 0 Å². The molecule has 0 aliphatic carbocycles. The standard InChI is InChI=1S/C15H20N5O8P/c1-6(2)12(23)18-15-17-11-8(13(24)19-15)16-5-20(11)14-10(22)9(21)7(28-14)3-4-29(25,26)27/h3-7,9-10,14,21-22H,1-2H3,(H2,25,26,27)(H2,17,18,19,23,24). The smallest absolute Gasteiger partial charge is 0.348 e. The summed E-state index contributed by atoms with van der Waals surface area (Å²) < 4.78 is 17.7. The lowest BCUT2D eigenvalue weighted by molar-refractivity contribution is -0.118. The molecule has 2 aromatic rings. The summed E-state index contributed by atoms with van der Waals surface area (Å²) in [5.74, 6) is -0.315. The zero-order valence-electron chi connectivity index (χ0n) is 15.3. The third-order valence-electron chi connectivity index (χ3n) is 4.22. The predicted molar refractivity (Wildman–Crippen MR) is 98.7 cm³/mol. The van der Waals surface area contributed by atoms with E-state index in [9.17, 15) is 24.4 Å². The number of aliphatic hydroxyl groups excluding tert-OH is 2. The highest BCUT2D eigenvalue weighted by atomic mass is 31.2. The van der Waals surface area contributed by atoms with Crippen LogP contribution in [0.25, 0.3) is 11.2 Å². The number of anilines is 1. The molecule has 158 valence electrons. The van der Waals surface area contributed by atoms with Gasteiger partial charge in [0.15, 0.2) is 17.4 Å². The van der Waals surface area contributed by atoms with Crippen molar-refractivity contribution in [2.45, 2.75) is 38.4 Å². The lowest BCUT2D eigenvalue weighted by Crippen LogP contribution is -2.30. The largest absolute Gasteiger partial charge is 0.387 e. The van der Waals surface area contributed by atoms with Gasteiger partial charge in [-0.1, -0.05) is 13.8 Å². The summed E-state index contributed by atoms with van der Waals surface area (Å²) in [4.78, 5) is 52.4. The minimum absolute atomic E-state index is 0.0244. The number of carbonyl (C=O) groups is 1. The molecule has 1 aliphatic rings. The van der Waals surface area contributed by atoms with Crippen molar-refractivity contribution in [2.24, 2.45) is 5.92 Å². The second-order valence-electron chi connectivity index (χ2n) is 6.79. The SMILES string of the molecule is CC(C)C(=O)Nc1nc2c(ncn2C2OC(C=CP(=O)(O)O)C(O)C2O)c(=O)[nH]1. The van der Waals surface area contributed by atoms with Crippen molar-refractivity contribution in [1.29, 1.82) is 0 Å². The molecule has 0 bridgehead atoms. The van der Waals surface area contributed by atoms with Crippen molar-refractivity contribution in [1.82, 2.24) is 19.5 Å². The van der Waals surface area contributed by atoms with Gasteiger partial charge in [0.05, 0.1) is 6.33 Å². The molecule has 3 rings (SSSR count). The molecule has 4 unspecified atom stereocenters. The number of ether oxygens (including phenoxy) is 1. The number of amides is 1. The van der Waals surface area contributed by atoms with Crippen LogP contribution in [0.1, 0.15) is 20.1 Å². The van der Waals surface area contributed by atoms with Crippen molar-refractivity contribution in [3.8, 4) is 0 Å². The molecule has 4 atom stereocenters. The Morgan fingerprint density at radius 2 is 2.07 bits per heavy atom. The van der Waals surface area contributed by atoms with Crippen LogP contribution in [0.4, 0.5) is 5.95 Å². The number of aromatic nitrogens is 4. The first-order valence-electron chi connectivity index (χ1n) is 8.52. The number of hydrogen-bond acceptors (Lipinski definition) is 8. The Bertz CT molecular complexity index is 1060. The molecule has 14 heteroatoms. The highest BCUT2D eigenvalue weighted by Crippen LogP contribution is 2.38. The van der Waals surface area contributed by atoms with Crippen molar-refractivity contribution in [3.05, 3.63) is 28.6 Å². The van der Waals surface area contributed by atoms with E-state index < -0.39 is 37.7 Å². The maximum atomic E-state index is 12.2. The molecule has 1 saturated heterocycles. The molecular formula is C15H20N5O8P. The van der Waals surface area contributed by atoms with Crippen molar-refractivity contribution >= 4 is 30.6 Å². The van der Waals surface area contributed by atoms with Crippen molar-refractivity contribution < 1.29 is 34.1 Å². The highest BCUT2D eigenvalue weighted by molar-refractivity contribution is 7.55. The van der Waals surface area contributed by atoms with Crippen LogP contribution in [-0.2, 0) is 14.1 Å². The Kier molecular flexibility index (Phi) is 5.72. The van der Waals surface area contributed by atoms with Crippen LogP contribution < -0.4 is 10.9 Å². The van der Waals surface area contributed by atoms with Crippen molar-refractivity contribution in [2.75, 3.05) is 5.32 Å². The summed E-state index contributed by atoms with van der Waals surface area (Å²) >= 11 is 0. The van der Waals surface area contributed by atoms with Gasteiger partial charge in [-0.25, -0.2) is 4.98 Å². The lowest BCUT2D eigenvalue weighted by atomic mass is 10.1. The highest BCUT2D eigenvalue weighted by Gasteiger charge is 2.43. The van der Waals surface area contributed by atoms with Gasteiger partial charge < -0.3 is 24.7 Å². The van der Waals surface area contributed by atoms with Crippen LogP contribution in [0, 0.1) is 5.92 Å². The molecule has 1 fully saturated rings. The van der Waals surface area contributed by atoms with Gasteiger partial charge >= 0.3 is 7.60 Å². The Morgan fingerprint density at radius 3 is 2.69 bits per heavy atom. The molecule has 3 heterocycles. The molecule has 29 heavy (non-hydrogen) atoms. The van der Waals surface area contributed by atoms with Crippen LogP contribution in [0.5, 0.6) is 0 Å². The van der Waals surface area contributed by atoms with Gasteiger partial charge in [0.2, 0.25) is 11.9 Å². The van der Waals surface area contributed by atoms with Gasteiger partial charge in [0.1, 0.15) is 18.3 Å². The maximum absolute atomic E-state index is 12.2. The number of nitrogens with one attached hydrogen (secondary N) is 2. The Hall–Kier alpha value is -2.41. The fourth-order valence-corrected chi connectivity index (χ4v) is 3.10. The average molecular weight is 429 g/mol. The number of aliphatic hydroxyl groups is 2. The molecule has 1 aliphatic heterocycles. The lowest BCUT2D eigenvalue weighted by Gasteiger charge is -2.16. The van der Waals surface area contributed by atoms with E-state index in [0.29, 0.717) is 5.82 Å². The van der Waals surface area contributed by atoms with Crippen LogP contribution in [-0.4, -0.2) is 63.7 Å². The van der Waals surface area contributed by atoms with E-state index in [1.807, 2.05) is 0 Å². The number of hydrogen-bond donors (Lipinski definition) is 6. The number of H-pyrrole nitrogens is 1. The summed E-state index contributed by atoms with van der Waals surface area (Å²) in [6, 6.07) is 0. The molecular weight excluding hydrogens is 409 g/mol. The normalized spacial score (nSPS) is 25.3. The van der Waals surface area contributed by atoms with E-state index in [4.69, 9.17) is 14.5 Å². The number of nitrogens with zero attached hydrogens (tertiary/aromatic N) is 3. The number of carbonyl (C=O) groups excluding carboxylic acids is 1. The number of fused-ring (bicyclic) bond motifs is 1. The summed E-state index contributed by atoms with van der Waals surface area (Å²) in [6.45, 7) is 3.32. The second kappa shape index (κ2) is 7.78. The predicted octanol–water partition coefficient (Wildman–Crippen LogP) is -0.975. The van der Waals surface area contributed by atoms with Crippen LogP contribution in [0.2, 0.25) is 0 Å². The first kappa shape index (κ1) is 21.3. The van der Waals surface area contributed by atoms with E-state index in [0.717, 1.165) is 12.4 Å². The number of imidazole rings is 1. The first-order chi connectivity index (χ1) is 13.5. The van der Waals surface area contributed by atoms with Crippen molar-refractivity contribution in [3.63, 3.8) is 0 Å². The quantitative estimate of drug-likeness (QED) is 0.321. The van der Waals surface area contributed by atoms with E-state index >= 15 is 0 Å². The van der Waals surface area contributed by atoms with E-state index in [1.54, 1.807) is 13.8 Å². The number of rotatable bonds is 5. The molecule has 2 aromatic heterocycles. The Morgan fingerprint density at radius 1 is 1.38 bits per heavy atom. The molecule has 0 saturated carbocycles. The van der Waals surface area contributed by atoms with E-state index in [2.05, 4.69) is 20.3 Å². The Labute approximate surface area is 163 Å². The number of aromatic amines is 1.